The quantitative estimate of drug-likeness (QED) is 0.839. The second-order valence-electron chi connectivity index (χ2n) is 5.66. The molecule has 2 fully saturated rings. The minimum absolute atomic E-state index is 0.194. The van der Waals surface area contributed by atoms with Gasteiger partial charge in [-0.05, 0) is 59.9 Å². The van der Waals surface area contributed by atoms with Crippen molar-refractivity contribution in [2.75, 3.05) is 6.54 Å². The van der Waals surface area contributed by atoms with Gasteiger partial charge in [0.1, 0.15) is 6.33 Å². The van der Waals surface area contributed by atoms with E-state index >= 15 is 0 Å². The molecule has 1 saturated carbocycles. The first-order valence-corrected chi connectivity index (χ1v) is 8.44. The lowest BCUT2D eigenvalue weighted by atomic mass is 10.1. The molecule has 2 aliphatic rings. The Morgan fingerprint density at radius 3 is 2.52 bits per heavy atom. The summed E-state index contributed by atoms with van der Waals surface area (Å²) in [4.78, 5) is 0.340. The zero-order valence-electron chi connectivity index (χ0n) is 11.3. The highest BCUT2D eigenvalue weighted by Gasteiger charge is 2.44. The Morgan fingerprint density at radius 2 is 1.95 bits per heavy atom. The van der Waals surface area contributed by atoms with Crippen LogP contribution in [-0.2, 0) is 10.0 Å². The molecule has 0 amide bonds. The van der Waals surface area contributed by atoms with Gasteiger partial charge >= 0.3 is 0 Å². The van der Waals surface area contributed by atoms with E-state index in [0.29, 0.717) is 17.4 Å². The molecule has 2 heterocycles. The van der Waals surface area contributed by atoms with E-state index in [4.69, 9.17) is 0 Å². The molecule has 0 radical (unpaired) electrons. The first kappa shape index (κ1) is 12.9. The molecular formula is C13H15N5O2S. The molecule has 1 aromatic carbocycles. The SMILES string of the molecule is O=S(=O)(c1ccc(-n2cnnn2)cc1)N1CC2CCC1C2. The lowest BCUT2D eigenvalue weighted by molar-refractivity contribution is 0.333. The third kappa shape index (κ3) is 2.06. The summed E-state index contributed by atoms with van der Waals surface area (Å²) in [6, 6.07) is 6.88. The average Bonchev–Trinajstić information content (AvgIpc) is 3.24. The van der Waals surface area contributed by atoms with E-state index in [2.05, 4.69) is 15.5 Å². The van der Waals surface area contributed by atoms with Crippen molar-refractivity contribution >= 4 is 10.0 Å². The largest absolute Gasteiger partial charge is 0.243 e. The fourth-order valence-corrected chi connectivity index (χ4v) is 5.10. The van der Waals surface area contributed by atoms with Crippen molar-refractivity contribution in [2.45, 2.75) is 30.2 Å². The summed E-state index contributed by atoms with van der Waals surface area (Å²) in [5.41, 5.74) is 0.738. The summed E-state index contributed by atoms with van der Waals surface area (Å²) in [6.45, 7) is 0.668. The highest BCUT2D eigenvalue weighted by molar-refractivity contribution is 7.89. The Bertz CT molecular complexity index is 741. The maximum Gasteiger partial charge on any atom is 0.243 e. The molecule has 4 rings (SSSR count). The van der Waals surface area contributed by atoms with Crippen molar-refractivity contribution in [3.05, 3.63) is 30.6 Å². The fraction of sp³-hybridized carbons (Fsp3) is 0.462. The van der Waals surface area contributed by atoms with E-state index in [9.17, 15) is 8.42 Å². The minimum atomic E-state index is -3.38. The highest BCUT2D eigenvalue weighted by Crippen LogP contribution is 2.40. The van der Waals surface area contributed by atoms with E-state index in [1.165, 1.54) is 11.0 Å². The molecule has 21 heavy (non-hydrogen) atoms. The van der Waals surface area contributed by atoms with Crippen molar-refractivity contribution in [3.8, 4) is 5.69 Å². The summed E-state index contributed by atoms with van der Waals surface area (Å²) in [7, 11) is -3.38. The van der Waals surface area contributed by atoms with Crippen molar-refractivity contribution in [1.82, 2.24) is 24.5 Å². The topological polar surface area (TPSA) is 81.0 Å². The number of rotatable bonds is 3. The van der Waals surface area contributed by atoms with Crippen LogP contribution in [0, 0.1) is 5.92 Å². The van der Waals surface area contributed by atoms with Gasteiger partial charge in [-0.1, -0.05) is 0 Å². The van der Waals surface area contributed by atoms with Crippen LogP contribution in [0.5, 0.6) is 0 Å². The molecule has 1 aliphatic carbocycles. The molecule has 2 unspecified atom stereocenters. The summed E-state index contributed by atoms with van der Waals surface area (Å²) in [6.07, 6.45) is 4.65. The molecule has 1 aliphatic heterocycles. The number of hydrogen-bond acceptors (Lipinski definition) is 5. The molecule has 2 atom stereocenters. The molecule has 1 aromatic heterocycles. The maximum atomic E-state index is 12.7. The number of piperidine rings is 1. The van der Waals surface area contributed by atoms with Crippen LogP contribution in [0.2, 0.25) is 0 Å². The van der Waals surface area contributed by atoms with Crippen LogP contribution in [-0.4, -0.2) is 45.5 Å². The summed E-state index contributed by atoms with van der Waals surface area (Å²) >= 11 is 0. The van der Waals surface area contributed by atoms with E-state index in [1.54, 1.807) is 28.6 Å². The monoisotopic (exact) mass is 305 g/mol. The molecule has 110 valence electrons. The van der Waals surface area contributed by atoms with Gasteiger partial charge in [0, 0.05) is 12.6 Å². The molecule has 7 nitrogen and oxygen atoms in total. The van der Waals surface area contributed by atoms with Gasteiger partial charge in [0.2, 0.25) is 10.0 Å². The van der Waals surface area contributed by atoms with Crippen molar-refractivity contribution in [3.63, 3.8) is 0 Å². The van der Waals surface area contributed by atoms with Gasteiger partial charge in [-0.3, -0.25) is 0 Å². The Hall–Kier alpha value is -1.80. The molecule has 2 bridgehead atoms. The van der Waals surface area contributed by atoms with Crippen LogP contribution in [0.15, 0.2) is 35.5 Å². The van der Waals surface area contributed by atoms with Crippen LogP contribution in [0.3, 0.4) is 0 Å². The standard InChI is InChI=1S/C13H15N5O2S/c19-21(20,18-8-10-1-2-12(18)7-10)13-5-3-11(4-6-13)17-9-14-15-16-17/h3-6,9-10,12H,1-2,7-8H2. The molecule has 0 spiro atoms. The maximum absolute atomic E-state index is 12.7. The third-order valence-electron chi connectivity index (χ3n) is 4.42. The zero-order valence-corrected chi connectivity index (χ0v) is 12.1. The predicted octanol–water partition coefficient (Wildman–Crippen LogP) is 0.835. The summed E-state index contributed by atoms with van der Waals surface area (Å²) in [5, 5.41) is 10.9. The van der Waals surface area contributed by atoms with E-state index in [-0.39, 0.29) is 6.04 Å². The van der Waals surface area contributed by atoms with Gasteiger partial charge in [0.25, 0.3) is 0 Å². The molecule has 8 heteroatoms. The fourth-order valence-electron chi connectivity index (χ4n) is 3.36. The number of hydrogen-bond donors (Lipinski definition) is 0. The van der Waals surface area contributed by atoms with Gasteiger partial charge < -0.3 is 0 Å². The summed E-state index contributed by atoms with van der Waals surface area (Å²) in [5.74, 6) is 0.547. The highest BCUT2D eigenvalue weighted by atomic mass is 32.2. The molecular weight excluding hydrogens is 290 g/mol. The van der Waals surface area contributed by atoms with Gasteiger partial charge in [0.15, 0.2) is 0 Å². The number of aromatic nitrogens is 4. The van der Waals surface area contributed by atoms with E-state index in [1.807, 2.05) is 0 Å². The van der Waals surface area contributed by atoms with Crippen molar-refractivity contribution in [2.24, 2.45) is 5.92 Å². The third-order valence-corrected chi connectivity index (χ3v) is 6.35. The van der Waals surface area contributed by atoms with Crippen molar-refractivity contribution in [1.29, 1.82) is 0 Å². The van der Waals surface area contributed by atoms with Gasteiger partial charge in [0.05, 0.1) is 10.6 Å². The molecule has 2 aromatic rings. The van der Waals surface area contributed by atoms with E-state index < -0.39 is 10.0 Å². The van der Waals surface area contributed by atoms with Crippen LogP contribution < -0.4 is 0 Å². The van der Waals surface area contributed by atoms with Crippen molar-refractivity contribution < 1.29 is 8.42 Å². The van der Waals surface area contributed by atoms with Gasteiger partial charge in [-0.2, -0.15) is 4.31 Å². The summed E-state index contributed by atoms with van der Waals surface area (Å²) < 4.78 is 28.6. The first-order valence-electron chi connectivity index (χ1n) is 7.00. The average molecular weight is 305 g/mol. The number of tetrazole rings is 1. The number of fused-ring (bicyclic) bond motifs is 2. The molecule has 1 saturated heterocycles. The number of nitrogens with zero attached hydrogens (tertiary/aromatic N) is 5. The zero-order chi connectivity index (χ0) is 14.4. The Morgan fingerprint density at radius 1 is 1.14 bits per heavy atom. The normalized spacial score (nSPS) is 25.5. The second-order valence-corrected chi connectivity index (χ2v) is 7.55. The second kappa shape index (κ2) is 4.60. The minimum Gasteiger partial charge on any atom is -0.207 e. The van der Waals surface area contributed by atoms with Crippen LogP contribution in [0.25, 0.3) is 5.69 Å². The molecule has 0 N–H and O–H groups in total. The Balaban J connectivity index is 1.64. The van der Waals surface area contributed by atoms with Crippen LogP contribution in [0.1, 0.15) is 19.3 Å². The van der Waals surface area contributed by atoms with E-state index in [0.717, 1.165) is 24.9 Å². The predicted molar refractivity (Wildman–Crippen MR) is 74.2 cm³/mol. The lowest BCUT2D eigenvalue weighted by Gasteiger charge is -2.26. The first-order chi connectivity index (χ1) is 10.1. The number of benzene rings is 1. The van der Waals surface area contributed by atoms with Gasteiger partial charge in [-0.15, -0.1) is 5.10 Å². The van der Waals surface area contributed by atoms with Crippen LogP contribution in [0.4, 0.5) is 0 Å². The van der Waals surface area contributed by atoms with Gasteiger partial charge in [-0.25, -0.2) is 13.1 Å². The Kier molecular flexibility index (Phi) is 2.83. The smallest absolute Gasteiger partial charge is 0.207 e. The Labute approximate surface area is 122 Å². The number of sulfonamides is 1. The lowest BCUT2D eigenvalue weighted by Crippen LogP contribution is -2.37. The van der Waals surface area contributed by atoms with Crippen LogP contribution >= 0.6 is 0 Å².